The quantitative estimate of drug-likeness (QED) is 0.795. The van der Waals surface area contributed by atoms with Gasteiger partial charge >= 0.3 is 0 Å². The Hall–Kier alpha value is -1.87. The van der Waals surface area contributed by atoms with E-state index in [1.165, 1.54) is 10.9 Å². The number of benzene rings is 1. The molecule has 0 aliphatic rings. The van der Waals surface area contributed by atoms with Gasteiger partial charge in [0.15, 0.2) is 0 Å². The van der Waals surface area contributed by atoms with Gasteiger partial charge in [-0.1, -0.05) is 31.6 Å². The van der Waals surface area contributed by atoms with Gasteiger partial charge in [-0.25, -0.2) is 0 Å². The first-order valence-electron chi connectivity index (χ1n) is 7.24. The van der Waals surface area contributed by atoms with Crippen LogP contribution in [-0.2, 0) is 13.1 Å². The van der Waals surface area contributed by atoms with Crippen LogP contribution in [0.15, 0.2) is 47.2 Å². The second kappa shape index (κ2) is 7.06. The molecule has 0 bridgehead atoms. The predicted octanol–water partition coefficient (Wildman–Crippen LogP) is 3.87. The zero-order chi connectivity index (χ0) is 14.4. The molecule has 0 aliphatic heterocycles. The van der Waals surface area contributed by atoms with Crippen LogP contribution >= 0.6 is 0 Å². The Morgan fingerprint density at radius 3 is 2.90 bits per heavy atom. The predicted molar refractivity (Wildman–Crippen MR) is 87.0 cm³/mol. The van der Waals surface area contributed by atoms with Gasteiger partial charge < -0.3 is 10.3 Å². The molecule has 0 atom stereocenters. The molecule has 20 heavy (non-hydrogen) atoms. The van der Waals surface area contributed by atoms with E-state index in [0.29, 0.717) is 6.54 Å². The standard InChI is InChI=1S/C17H23N3/c1-3-5-6-16(19-4-2)13-20-10-9-15-8-7-14(12-18)11-17(15)20/h4,6-11H,3,5,12-13,18H2,1-2H3/b16-6-,19-4?. The SMILES string of the molecule is CC=N/C(=C\CCC)Cn1ccc2ccc(CN)cc21. The Morgan fingerprint density at radius 2 is 2.20 bits per heavy atom. The Kier molecular flexibility index (Phi) is 5.13. The molecule has 0 amide bonds. The number of aliphatic imine (C=N–C) groups is 1. The first kappa shape index (κ1) is 14.5. The van der Waals surface area contributed by atoms with E-state index in [-0.39, 0.29) is 0 Å². The van der Waals surface area contributed by atoms with Crippen molar-refractivity contribution in [3.05, 3.63) is 47.8 Å². The third-order valence-electron chi connectivity index (χ3n) is 3.37. The average Bonchev–Trinajstić information content (AvgIpc) is 2.87. The lowest BCUT2D eigenvalue weighted by Crippen LogP contribution is -2.00. The van der Waals surface area contributed by atoms with E-state index >= 15 is 0 Å². The summed E-state index contributed by atoms with van der Waals surface area (Å²) in [5, 5.41) is 1.25. The minimum atomic E-state index is 0.576. The minimum Gasteiger partial charge on any atom is -0.341 e. The fourth-order valence-electron chi connectivity index (χ4n) is 2.30. The van der Waals surface area contributed by atoms with Crippen LogP contribution < -0.4 is 5.73 Å². The fourth-order valence-corrected chi connectivity index (χ4v) is 2.30. The molecule has 3 heteroatoms. The number of rotatable bonds is 6. The highest BCUT2D eigenvalue weighted by Gasteiger charge is 2.03. The van der Waals surface area contributed by atoms with Crippen LogP contribution in [0, 0.1) is 0 Å². The van der Waals surface area contributed by atoms with E-state index in [0.717, 1.165) is 30.6 Å². The van der Waals surface area contributed by atoms with Crippen LogP contribution in [0.2, 0.25) is 0 Å². The van der Waals surface area contributed by atoms with Crippen LogP contribution in [0.5, 0.6) is 0 Å². The molecule has 2 aromatic rings. The Morgan fingerprint density at radius 1 is 1.35 bits per heavy atom. The molecule has 0 saturated carbocycles. The molecule has 1 heterocycles. The molecule has 0 fully saturated rings. The highest BCUT2D eigenvalue weighted by atomic mass is 15.0. The minimum absolute atomic E-state index is 0.576. The summed E-state index contributed by atoms with van der Waals surface area (Å²) in [6, 6.07) is 8.53. The molecule has 0 saturated heterocycles. The highest BCUT2D eigenvalue weighted by molar-refractivity contribution is 5.81. The second-order valence-electron chi connectivity index (χ2n) is 4.91. The molecular weight excluding hydrogens is 246 g/mol. The van der Waals surface area contributed by atoms with Crippen LogP contribution in [0.1, 0.15) is 32.3 Å². The molecule has 0 radical (unpaired) electrons. The summed E-state index contributed by atoms with van der Waals surface area (Å²) >= 11 is 0. The lowest BCUT2D eigenvalue weighted by atomic mass is 10.1. The second-order valence-corrected chi connectivity index (χ2v) is 4.91. The maximum Gasteiger partial charge on any atom is 0.0645 e. The number of unbranched alkanes of at least 4 members (excludes halogenated alkanes) is 1. The van der Waals surface area contributed by atoms with Crippen LogP contribution in [0.25, 0.3) is 10.9 Å². The van der Waals surface area contributed by atoms with Crippen LogP contribution in [0.4, 0.5) is 0 Å². The van der Waals surface area contributed by atoms with Crippen LogP contribution in [-0.4, -0.2) is 10.8 Å². The van der Waals surface area contributed by atoms with Crippen molar-refractivity contribution in [3.63, 3.8) is 0 Å². The summed E-state index contributed by atoms with van der Waals surface area (Å²) in [6.45, 7) is 5.52. The van der Waals surface area contributed by atoms with E-state index < -0.39 is 0 Å². The number of nitrogens with zero attached hydrogens (tertiary/aromatic N) is 2. The molecule has 3 nitrogen and oxygen atoms in total. The smallest absolute Gasteiger partial charge is 0.0645 e. The first-order valence-corrected chi connectivity index (χ1v) is 7.24. The molecule has 2 rings (SSSR count). The molecule has 106 valence electrons. The molecule has 0 unspecified atom stereocenters. The van der Waals surface area contributed by atoms with Crippen LogP contribution in [0.3, 0.4) is 0 Å². The summed E-state index contributed by atoms with van der Waals surface area (Å²) < 4.78 is 2.24. The van der Waals surface area contributed by atoms with Gasteiger partial charge in [-0.05, 0) is 36.4 Å². The zero-order valence-electron chi connectivity index (χ0n) is 12.3. The molecule has 2 N–H and O–H groups in total. The topological polar surface area (TPSA) is 43.3 Å². The third kappa shape index (κ3) is 3.36. The fraction of sp³-hybridized carbons (Fsp3) is 0.353. The van der Waals surface area contributed by atoms with Crippen molar-refractivity contribution in [2.24, 2.45) is 10.7 Å². The lowest BCUT2D eigenvalue weighted by molar-refractivity contribution is 0.797. The van der Waals surface area contributed by atoms with Crippen molar-refractivity contribution in [1.82, 2.24) is 4.57 Å². The number of hydrogen-bond donors (Lipinski definition) is 1. The molecule has 1 aromatic carbocycles. The summed E-state index contributed by atoms with van der Waals surface area (Å²) in [4.78, 5) is 4.48. The molecule has 0 spiro atoms. The van der Waals surface area contributed by atoms with Crippen molar-refractivity contribution in [1.29, 1.82) is 0 Å². The maximum absolute atomic E-state index is 5.73. The van der Waals surface area contributed by atoms with Gasteiger partial charge in [0.1, 0.15) is 0 Å². The lowest BCUT2D eigenvalue weighted by Gasteiger charge is -2.07. The van der Waals surface area contributed by atoms with Gasteiger partial charge in [0.05, 0.1) is 12.2 Å². The summed E-state index contributed by atoms with van der Waals surface area (Å²) in [7, 11) is 0. The molecular formula is C17H23N3. The number of nitrogens with two attached hydrogens (primary N) is 1. The van der Waals surface area contributed by atoms with E-state index in [9.17, 15) is 0 Å². The first-order chi connectivity index (χ1) is 9.78. The van der Waals surface area contributed by atoms with E-state index in [2.05, 4.69) is 53.0 Å². The Bertz CT molecular complexity index is 620. The molecule has 0 aliphatic carbocycles. The van der Waals surface area contributed by atoms with E-state index in [1.807, 2.05) is 13.1 Å². The molecule has 1 aromatic heterocycles. The van der Waals surface area contributed by atoms with Crippen molar-refractivity contribution in [3.8, 4) is 0 Å². The summed E-state index contributed by atoms with van der Waals surface area (Å²) in [5.74, 6) is 0. The third-order valence-corrected chi connectivity index (χ3v) is 3.37. The number of fused-ring (bicyclic) bond motifs is 1. The van der Waals surface area contributed by atoms with Gasteiger partial charge in [0.25, 0.3) is 0 Å². The van der Waals surface area contributed by atoms with E-state index in [1.54, 1.807) is 0 Å². The monoisotopic (exact) mass is 269 g/mol. The van der Waals surface area contributed by atoms with Crippen molar-refractivity contribution in [2.75, 3.05) is 0 Å². The van der Waals surface area contributed by atoms with Gasteiger partial charge in [0.2, 0.25) is 0 Å². The van der Waals surface area contributed by atoms with Gasteiger partial charge in [-0.2, -0.15) is 0 Å². The Labute approximate surface area is 120 Å². The van der Waals surface area contributed by atoms with Gasteiger partial charge in [-0.15, -0.1) is 0 Å². The Balaban J connectivity index is 2.32. The largest absolute Gasteiger partial charge is 0.341 e. The van der Waals surface area contributed by atoms with Crippen molar-refractivity contribution < 1.29 is 0 Å². The maximum atomic E-state index is 5.73. The number of allylic oxidation sites excluding steroid dienone is 2. The highest BCUT2D eigenvalue weighted by Crippen LogP contribution is 2.19. The summed E-state index contributed by atoms with van der Waals surface area (Å²) in [5.41, 5.74) is 9.23. The number of aromatic nitrogens is 1. The van der Waals surface area contributed by atoms with Gasteiger partial charge in [-0.3, -0.25) is 4.99 Å². The van der Waals surface area contributed by atoms with Gasteiger partial charge in [0, 0.05) is 24.5 Å². The number of hydrogen-bond acceptors (Lipinski definition) is 2. The average molecular weight is 269 g/mol. The summed E-state index contributed by atoms with van der Waals surface area (Å²) in [6.07, 6.45) is 8.42. The van der Waals surface area contributed by atoms with Crippen molar-refractivity contribution in [2.45, 2.75) is 39.8 Å². The van der Waals surface area contributed by atoms with Crippen molar-refractivity contribution >= 4 is 17.1 Å². The zero-order valence-corrected chi connectivity index (χ0v) is 12.3. The normalized spacial score (nSPS) is 12.7. The van der Waals surface area contributed by atoms with E-state index in [4.69, 9.17) is 5.73 Å².